The molecule has 7 heteroatoms. The van der Waals surface area contributed by atoms with Crippen LogP contribution in [-0.2, 0) is 17.8 Å². The van der Waals surface area contributed by atoms with Gasteiger partial charge in [-0.25, -0.2) is 0 Å². The Morgan fingerprint density at radius 3 is 2.81 bits per heavy atom. The van der Waals surface area contributed by atoms with Gasteiger partial charge in [-0.1, -0.05) is 31.0 Å². The van der Waals surface area contributed by atoms with E-state index < -0.39 is 0 Å². The number of aromatic nitrogens is 2. The Hall–Kier alpha value is -2.67. The monoisotopic (exact) mass is 438 g/mol. The van der Waals surface area contributed by atoms with Crippen LogP contribution < -0.4 is 5.32 Å². The smallest absolute Gasteiger partial charge is 0.261 e. The Kier molecular flexibility index (Phi) is 6.70. The van der Waals surface area contributed by atoms with E-state index in [-0.39, 0.29) is 17.9 Å². The first-order chi connectivity index (χ1) is 15.0. The third kappa shape index (κ3) is 4.82. The van der Waals surface area contributed by atoms with Gasteiger partial charge in [-0.15, -0.1) is 11.3 Å². The van der Waals surface area contributed by atoms with E-state index in [9.17, 15) is 9.59 Å². The fraction of sp³-hybridized carbons (Fsp3) is 0.458. The standard InChI is InChI=1S/C24H30N4O2S/c1-17-11-12-26-28(17)15-13-25-24(30)23-21(20-9-5-6-10-22(20)31-23)16-19-8-4-3-7-14-27(19)18(2)29/h5-6,9-12,19H,3-4,7-8,13-16H2,1-2H3,(H,25,30). The van der Waals surface area contributed by atoms with Crippen LogP contribution >= 0.6 is 11.3 Å². The summed E-state index contributed by atoms with van der Waals surface area (Å²) in [6, 6.07) is 10.3. The van der Waals surface area contributed by atoms with Gasteiger partial charge in [0.1, 0.15) is 0 Å². The second-order valence-electron chi connectivity index (χ2n) is 8.28. The van der Waals surface area contributed by atoms with E-state index in [2.05, 4.69) is 22.5 Å². The molecule has 3 aromatic rings. The summed E-state index contributed by atoms with van der Waals surface area (Å²) in [4.78, 5) is 28.2. The van der Waals surface area contributed by atoms with Gasteiger partial charge in [0.05, 0.1) is 11.4 Å². The van der Waals surface area contributed by atoms with Gasteiger partial charge in [-0.2, -0.15) is 5.10 Å². The maximum absolute atomic E-state index is 13.2. The fourth-order valence-corrected chi connectivity index (χ4v) is 5.66. The molecule has 164 valence electrons. The van der Waals surface area contributed by atoms with Crippen LogP contribution in [-0.4, -0.2) is 45.6 Å². The number of carbonyl (C=O) groups is 2. The maximum Gasteiger partial charge on any atom is 0.261 e. The van der Waals surface area contributed by atoms with Crippen LogP contribution in [0.2, 0.25) is 0 Å². The van der Waals surface area contributed by atoms with E-state index in [1.165, 1.54) is 0 Å². The zero-order chi connectivity index (χ0) is 21.8. The minimum Gasteiger partial charge on any atom is -0.349 e. The van der Waals surface area contributed by atoms with Crippen LogP contribution in [0.15, 0.2) is 36.5 Å². The molecule has 1 aliphatic rings. The molecule has 2 aromatic heterocycles. The number of rotatable bonds is 6. The Labute approximate surface area is 187 Å². The van der Waals surface area contributed by atoms with Crippen molar-refractivity contribution >= 4 is 33.2 Å². The number of fused-ring (bicyclic) bond motifs is 1. The third-order valence-electron chi connectivity index (χ3n) is 6.16. The average Bonchev–Trinajstić information content (AvgIpc) is 3.23. The molecule has 1 fully saturated rings. The lowest BCUT2D eigenvalue weighted by Crippen LogP contribution is -2.40. The van der Waals surface area contributed by atoms with Crippen LogP contribution in [0.3, 0.4) is 0 Å². The van der Waals surface area contributed by atoms with E-state index in [1.807, 2.05) is 34.7 Å². The largest absolute Gasteiger partial charge is 0.349 e. The minimum atomic E-state index is -0.0380. The summed E-state index contributed by atoms with van der Waals surface area (Å²) >= 11 is 1.55. The molecule has 0 radical (unpaired) electrons. The molecule has 31 heavy (non-hydrogen) atoms. The van der Waals surface area contributed by atoms with Gasteiger partial charge in [0.25, 0.3) is 5.91 Å². The van der Waals surface area contributed by atoms with Gasteiger partial charge in [-0.3, -0.25) is 14.3 Å². The van der Waals surface area contributed by atoms with Crippen molar-refractivity contribution in [2.45, 2.75) is 58.5 Å². The third-order valence-corrected chi connectivity index (χ3v) is 7.38. The number of amides is 2. The first-order valence-electron chi connectivity index (χ1n) is 11.1. The van der Waals surface area contributed by atoms with Crippen molar-refractivity contribution in [3.05, 3.63) is 52.7 Å². The number of hydrogen-bond donors (Lipinski definition) is 1. The number of aryl methyl sites for hydroxylation is 1. The summed E-state index contributed by atoms with van der Waals surface area (Å²) in [7, 11) is 0. The Morgan fingerprint density at radius 1 is 1.19 bits per heavy atom. The highest BCUT2D eigenvalue weighted by atomic mass is 32.1. The van der Waals surface area contributed by atoms with Gasteiger partial charge in [0.2, 0.25) is 5.91 Å². The highest BCUT2D eigenvalue weighted by Crippen LogP contribution is 2.34. The molecule has 1 unspecified atom stereocenters. The molecule has 0 bridgehead atoms. The van der Waals surface area contributed by atoms with Crippen LogP contribution in [0.5, 0.6) is 0 Å². The van der Waals surface area contributed by atoms with E-state index in [4.69, 9.17) is 0 Å². The van der Waals surface area contributed by atoms with E-state index in [0.29, 0.717) is 13.1 Å². The number of benzene rings is 1. The maximum atomic E-state index is 13.2. The first kappa shape index (κ1) is 21.6. The summed E-state index contributed by atoms with van der Waals surface area (Å²) in [5, 5.41) is 8.49. The number of thiophene rings is 1. The van der Waals surface area contributed by atoms with Crippen molar-refractivity contribution in [3.63, 3.8) is 0 Å². The second-order valence-corrected chi connectivity index (χ2v) is 9.33. The van der Waals surface area contributed by atoms with Gasteiger partial charge in [-0.05, 0) is 49.3 Å². The molecule has 1 N–H and O–H groups in total. The predicted octanol–water partition coefficient (Wildman–Crippen LogP) is 4.17. The Morgan fingerprint density at radius 2 is 2.03 bits per heavy atom. The van der Waals surface area contributed by atoms with Crippen LogP contribution in [0.1, 0.15) is 53.5 Å². The molecule has 3 heterocycles. The fourth-order valence-electron chi connectivity index (χ4n) is 4.51. The highest BCUT2D eigenvalue weighted by Gasteiger charge is 2.27. The first-order valence-corrected chi connectivity index (χ1v) is 11.9. The van der Waals surface area contributed by atoms with E-state index >= 15 is 0 Å². The Bertz CT molecular complexity index is 1070. The van der Waals surface area contributed by atoms with Crippen molar-refractivity contribution in [3.8, 4) is 0 Å². The van der Waals surface area contributed by atoms with Crippen LogP contribution in [0, 0.1) is 6.92 Å². The highest BCUT2D eigenvalue weighted by molar-refractivity contribution is 7.21. The summed E-state index contributed by atoms with van der Waals surface area (Å²) in [6.45, 7) is 5.65. The zero-order valence-electron chi connectivity index (χ0n) is 18.3. The lowest BCUT2D eigenvalue weighted by atomic mass is 9.98. The molecule has 0 spiro atoms. The normalized spacial score (nSPS) is 17.0. The van der Waals surface area contributed by atoms with Crippen molar-refractivity contribution < 1.29 is 9.59 Å². The molecule has 1 saturated heterocycles. The summed E-state index contributed by atoms with van der Waals surface area (Å²) < 4.78 is 3.01. The average molecular weight is 439 g/mol. The van der Waals surface area contributed by atoms with Crippen LogP contribution in [0.4, 0.5) is 0 Å². The van der Waals surface area contributed by atoms with Gasteiger partial charge >= 0.3 is 0 Å². The lowest BCUT2D eigenvalue weighted by Gasteiger charge is -2.29. The summed E-state index contributed by atoms with van der Waals surface area (Å²) in [5.74, 6) is 0.0936. The quantitative estimate of drug-likeness (QED) is 0.628. The Balaban J connectivity index is 1.57. The topological polar surface area (TPSA) is 67.2 Å². The molecular formula is C24H30N4O2S. The van der Waals surface area contributed by atoms with Crippen molar-refractivity contribution in [2.75, 3.05) is 13.1 Å². The molecule has 0 saturated carbocycles. The minimum absolute atomic E-state index is 0.0380. The molecule has 1 aliphatic heterocycles. The number of nitrogens with one attached hydrogen (secondary N) is 1. The SMILES string of the molecule is CC(=O)N1CCCCCC1Cc1c(C(=O)NCCn2nccc2C)sc2ccccc12. The number of likely N-dealkylation sites (tertiary alicyclic amines) is 1. The molecular weight excluding hydrogens is 408 g/mol. The summed E-state index contributed by atoms with van der Waals surface area (Å²) in [5.41, 5.74) is 2.15. The predicted molar refractivity (Wildman–Crippen MR) is 124 cm³/mol. The summed E-state index contributed by atoms with van der Waals surface area (Å²) in [6.07, 6.45) is 6.83. The molecule has 2 amide bonds. The van der Waals surface area contributed by atoms with Gasteiger partial charge in [0.15, 0.2) is 0 Å². The van der Waals surface area contributed by atoms with E-state index in [1.54, 1.807) is 24.5 Å². The van der Waals surface area contributed by atoms with Crippen molar-refractivity contribution in [2.24, 2.45) is 0 Å². The number of hydrogen-bond acceptors (Lipinski definition) is 4. The lowest BCUT2D eigenvalue weighted by molar-refractivity contribution is -0.131. The molecule has 4 rings (SSSR count). The molecule has 1 aromatic carbocycles. The molecule has 0 aliphatic carbocycles. The van der Waals surface area contributed by atoms with Gasteiger partial charge in [0, 0.05) is 42.6 Å². The molecule has 6 nitrogen and oxygen atoms in total. The van der Waals surface area contributed by atoms with Crippen molar-refractivity contribution in [1.29, 1.82) is 0 Å². The van der Waals surface area contributed by atoms with Crippen LogP contribution in [0.25, 0.3) is 10.1 Å². The zero-order valence-corrected chi connectivity index (χ0v) is 19.1. The van der Waals surface area contributed by atoms with E-state index in [0.717, 1.165) is 64.9 Å². The molecule has 1 atom stereocenters. The number of carbonyl (C=O) groups excluding carboxylic acids is 2. The van der Waals surface area contributed by atoms with Gasteiger partial charge < -0.3 is 10.2 Å². The van der Waals surface area contributed by atoms with Crippen molar-refractivity contribution in [1.82, 2.24) is 20.0 Å². The second kappa shape index (κ2) is 9.64. The number of nitrogens with zero attached hydrogens (tertiary/aromatic N) is 3.